The van der Waals surface area contributed by atoms with E-state index in [1.807, 2.05) is 54.8 Å². The molecule has 3 aromatic heterocycles. The van der Waals surface area contributed by atoms with Crippen LogP contribution in [0.15, 0.2) is 55.0 Å². The quantitative estimate of drug-likeness (QED) is 0.364. The molecule has 192 valence electrons. The summed E-state index contributed by atoms with van der Waals surface area (Å²) < 4.78 is 8.20. The molecule has 0 bridgehead atoms. The second-order valence-electron chi connectivity index (χ2n) is 10.8. The van der Waals surface area contributed by atoms with Crippen LogP contribution in [0.5, 0.6) is 5.75 Å². The first kappa shape index (κ1) is 24.7. The first-order valence-corrected chi connectivity index (χ1v) is 12.7. The predicted molar refractivity (Wildman–Crippen MR) is 142 cm³/mol. The summed E-state index contributed by atoms with van der Waals surface area (Å²) in [5.41, 5.74) is 3.64. The van der Waals surface area contributed by atoms with Crippen LogP contribution in [0, 0.1) is 0 Å². The van der Waals surface area contributed by atoms with Crippen molar-refractivity contribution in [2.45, 2.75) is 70.9 Å². The van der Waals surface area contributed by atoms with Crippen molar-refractivity contribution in [3.8, 4) is 5.75 Å². The van der Waals surface area contributed by atoms with Crippen LogP contribution in [-0.4, -0.2) is 30.6 Å². The van der Waals surface area contributed by atoms with Crippen LogP contribution in [0.4, 0.5) is 10.6 Å². The molecule has 9 heteroatoms. The summed E-state index contributed by atoms with van der Waals surface area (Å²) in [4.78, 5) is 22.4. The number of pyridine rings is 1. The van der Waals surface area contributed by atoms with E-state index < -0.39 is 0 Å². The van der Waals surface area contributed by atoms with E-state index in [0.717, 1.165) is 46.9 Å². The van der Waals surface area contributed by atoms with Crippen molar-refractivity contribution in [1.82, 2.24) is 29.9 Å². The van der Waals surface area contributed by atoms with E-state index in [9.17, 15) is 4.79 Å². The van der Waals surface area contributed by atoms with Crippen LogP contribution in [0.3, 0.4) is 0 Å². The van der Waals surface area contributed by atoms with Crippen LogP contribution in [0.25, 0.3) is 5.65 Å². The fourth-order valence-electron chi connectivity index (χ4n) is 4.55. The van der Waals surface area contributed by atoms with Crippen LogP contribution in [-0.2, 0) is 5.41 Å². The number of nitrogens with zero attached hydrogens (tertiary/aromatic N) is 5. The van der Waals surface area contributed by atoms with Gasteiger partial charge < -0.3 is 10.1 Å². The highest BCUT2D eigenvalue weighted by Gasteiger charge is 2.29. The van der Waals surface area contributed by atoms with E-state index in [2.05, 4.69) is 58.7 Å². The number of urea groups is 1. The molecule has 1 aliphatic carbocycles. The number of amides is 2. The molecule has 9 nitrogen and oxygen atoms in total. The van der Waals surface area contributed by atoms with Crippen molar-refractivity contribution in [3.05, 3.63) is 77.6 Å². The largest absolute Gasteiger partial charge is 0.484 e. The third-order valence-corrected chi connectivity index (χ3v) is 6.55. The minimum atomic E-state index is -0.287. The Kier molecular flexibility index (Phi) is 6.54. The lowest BCUT2D eigenvalue weighted by Crippen LogP contribution is -2.36. The topological polar surface area (TPSA) is 106 Å². The van der Waals surface area contributed by atoms with Gasteiger partial charge in [0.15, 0.2) is 5.65 Å². The summed E-state index contributed by atoms with van der Waals surface area (Å²) in [6.45, 7) is 10.4. The molecule has 0 aliphatic heterocycles. The summed E-state index contributed by atoms with van der Waals surface area (Å²) >= 11 is 0. The summed E-state index contributed by atoms with van der Waals surface area (Å²) in [5, 5.41) is 14.1. The van der Waals surface area contributed by atoms with Gasteiger partial charge in [-0.15, -0.1) is 10.2 Å². The van der Waals surface area contributed by atoms with Gasteiger partial charge in [0.25, 0.3) is 0 Å². The Morgan fingerprint density at radius 3 is 2.62 bits per heavy atom. The van der Waals surface area contributed by atoms with E-state index in [1.54, 1.807) is 6.33 Å². The number of fused-ring (bicyclic) bond motifs is 2. The van der Waals surface area contributed by atoms with Gasteiger partial charge in [-0.1, -0.05) is 58.9 Å². The van der Waals surface area contributed by atoms with Gasteiger partial charge in [-0.2, -0.15) is 0 Å². The minimum Gasteiger partial charge on any atom is -0.484 e. The Labute approximate surface area is 216 Å². The fraction of sp³-hybridized carbons (Fsp3) is 0.393. The van der Waals surface area contributed by atoms with Crippen molar-refractivity contribution in [3.63, 3.8) is 0 Å². The minimum absolute atomic E-state index is 0.115. The average Bonchev–Trinajstić information content (AvgIpc) is 3.33. The number of anilines is 1. The molecule has 3 heterocycles. The highest BCUT2D eigenvalue weighted by molar-refractivity contribution is 5.88. The Balaban J connectivity index is 1.32. The SMILES string of the molecule is CC(C)c1nc(NC(=O)N[C@H]2CC[C@@H](Oc3ccc4nncn4c3)c3ccccc32)cc(C(C)(C)C)n1. The number of ether oxygens (including phenoxy) is 1. The fourth-order valence-corrected chi connectivity index (χ4v) is 4.55. The summed E-state index contributed by atoms with van der Waals surface area (Å²) in [6.07, 6.45) is 4.94. The summed E-state index contributed by atoms with van der Waals surface area (Å²) in [6, 6.07) is 13.3. The first-order valence-electron chi connectivity index (χ1n) is 12.7. The van der Waals surface area contributed by atoms with Crippen molar-refractivity contribution >= 4 is 17.5 Å². The smallest absolute Gasteiger partial charge is 0.320 e. The van der Waals surface area contributed by atoms with Crippen LogP contribution < -0.4 is 15.4 Å². The molecule has 2 amide bonds. The van der Waals surface area contributed by atoms with E-state index in [1.165, 1.54) is 0 Å². The molecule has 0 spiro atoms. The maximum absolute atomic E-state index is 13.1. The molecule has 37 heavy (non-hydrogen) atoms. The Morgan fingerprint density at radius 1 is 1.08 bits per heavy atom. The second-order valence-corrected chi connectivity index (χ2v) is 10.8. The molecular weight excluding hydrogens is 466 g/mol. The Bertz CT molecular complexity index is 1420. The van der Waals surface area contributed by atoms with Gasteiger partial charge in [-0.25, -0.2) is 14.8 Å². The third-order valence-electron chi connectivity index (χ3n) is 6.55. The van der Waals surface area contributed by atoms with Gasteiger partial charge >= 0.3 is 6.03 Å². The zero-order chi connectivity index (χ0) is 26.2. The highest BCUT2D eigenvalue weighted by Crippen LogP contribution is 2.38. The molecule has 0 saturated heterocycles. The zero-order valence-corrected chi connectivity index (χ0v) is 21.9. The van der Waals surface area contributed by atoms with Gasteiger partial charge in [0, 0.05) is 17.4 Å². The van der Waals surface area contributed by atoms with Crippen LogP contribution >= 0.6 is 0 Å². The van der Waals surface area contributed by atoms with Crippen molar-refractivity contribution in [2.24, 2.45) is 0 Å². The van der Waals surface area contributed by atoms with E-state index in [4.69, 9.17) is 9.72 Å². The van der Waals surface area contributed by atoms with Gasteiger partial charge in [0.05, 0.1) is 17.9 Å². The Morgan fingerprint density at radius 2 is 1.86 bits per heavy atom. The van der Waals surface area contributed by atoms with Crippen LogP contribution in [0.2, 0.25) is 0 Å². The van der Waals surface area contributed by atoms with Gasteiger partial charge in [0.2, 0.25) is 0 Å². The molecule has 0 fully saturated rings. The molecule has 2 N–H and O–H groups in total. The molecule has 1 aromatic carbocycles. The third kappa shape index (κ3) is 5.40. The molecule has 0 radical (unpaired) electrons. The van der Waals surface area contributed by atoms with E-state index >= 15 is 0 Å². The zero-order valence-electron chi connectivity index (χ0n) is 21.9. The van der Waals surface area contributed by atoms with Crippen LogP contribution in [0.1, 0.15) is 88.2 Å². The van der Waals surface area contributed by atoms with Gasteiger partial charge in [0.1, 0.15) is 29.8 Å². The molecule has 1 aliphatic rings. The molecule has 2 atom stereocenters. The number of hydrogen-bond donors (Lipinski definition) is 2. The number of benzene rings is 1. The predicted octanol–water partition coefficient (Wildman–Crippen LogP) is 5.72. The molecule has 0 unspecified atom stereocenters. The number of carbonyl (C=O) groups is 1. The number of rotatable bonds is 5. The maximum Gasteiger partial charge on any atom is 0.320 e. The number of carbonyl (C=O) groups excluding carboxylic acids is 1. The maximum atomic E-state index is 13.1. The number of hydrogen-bond acceptors (Lipinski definition) is 6. The van der Waals surface area contributed by atoms with Crippen molar-refractivity contribution < 1.29 is 9.53 Å². The Hall–Kier alpha value is -4.01. The molecular formula is C28H33N7O2. The first-order chi connectivity index (χ1) is 17.7. The van der Waals surface area contributed by atoms with E-state index in [-0.39, 0.29) is 29.5 Å². The molecule has 5 rings (SSSR count). The number of nitrogens with one attached hydrogen (secondary N) is 2. The lowest BCUT2D eigenvalue weighted by Gasteiger charge is -2.32. The summed E-state index contributed by atoms with van der Waals surface area (Å²) in [7, 11) is 0. The molecule has 0 saturated carbocycles. The average molecular weight is 500 g/mol. The van der Waals surface area contributed by atoms with E-state index in [0.29, 0.717) is 5.82 Å². The van der Waals surface area contributed by atoms with Crippen molar-refractivity contribution in [2.75, 3.05) is 5.32 Å². The normalized spacial score (nSPS) is 17.5. The molecule has 4 aromatic rings. The number of aromatic nitrogens is 5. The van der Waals surface area contributed by atoms with Crippen molar-refractivity contribution in [1.29, 1.82) is 0 Å². The van der Waals surface area contributed by atoms with Gasteiger partial charge in [-0.05, 0) is 36.1 Å². The highest BCUT2D eigenvalue weighted by atomic mass is 16.5. The van der Waals surface area contributed by atoms with Gasteiger partial charge in [-0.3, -0.25) is 9.72 Å². The second kappa shape index (κ2) is 9.80. The summed E-state index contributed by atoms with van der Waals surface area (Å²) in [5.74, 6) is 2.13. The standard InChI is InChI=1S/C28H33N7O2/c1-17(2)26-31-23(28(3,4)5)14-24(32-26)33-27(36)30-21-11-12-22(20-9-7-6-8-19(20)21)37-18-10-13-25-34-29-16-35(25)15-18/h6-10,13-17,21-22H,11-12H2,1-5H3,(H2,30,31,32,33,36)/t21-,22+/m0/s1. The lowest BCUT2D eigenvalue weighted by molar-refractivity contribution is 0.171. The lowest BCUT2D eigenvalue weighted by atomic mass is 9.85. The monoisotopic (exact) mass is 499 g/mol.